The van der Waals surface area contributed by atoms with Crippen LogP contribution in [0.2, 0.25) is 10.0 Å². The van der Waals surface area contributed by atoms with E-state index in [1.54, 1.807) is 36.4 Å². The van der Waals surface area contributed by atoms with Crippen molar-refractivity contribution in [1.29, 1.82) is 0 Å². The number of hydrogen-bond acceptors (Lipinski definition) is 7. The van der Waals surface area contributed by atoms with E-state index in [0.717, 1.165) is 29.9 Å². The zero-order chi connectivity index (χ0) is 22.7. The molecule has 2 saturated heterocycles. The first-order chi connectivity index (χ1) is 15.4. The Morgan fingerprint density at radius 2 is 2.00 bits per heavy atom. The van der Waals surface area contributed by atoms with Crippen molar-refractivity contribution < 1.29 is 18.7 Å². The quantitative estimate of drug-likeness (QED) is 0.459. The highest BCUT2D eigenvalue weighted by Gasteiger charge is 2.34. The van der Waals surface area contributed by atoms with Crippen LogP contribution in [0.4, 0.5) is 0 Å². The van der Waals surface area contributed by atoms with Crippen molar-refractivity contribution in [3.63, 3.8) is 0 Å². The Hall–Kier alpha value is -1.88. The van der Waals surface area contributed by atoms with Crippen molar-refractivity contribution in [2.45, 2.75) is 6.42 Å². The first kappa shape index (κ1) is 23.3. The third-order valence-electron chi connectivity index (χ3n) is 4.88. The summed E-state index contributed by atoms with van der Waals surface area (Å²) in [6.07, 6.45) is 1.85. The maximum Gasteiger partial charge on any atom is 0.285 e. The molecular formula is C21H19Cl2N3O4S2. The molecular weight excluding hydrogens is 493 g/mol. The van der Waals surface area contributed by atoms with E-state index < -0.39 is 5.91 Å². The fraction of sp³-hybridized carbons (Fsp3) is 0.286. The van der Waals surface area contributed by atoms with Crippen molar-refractivity contribution in [2.75, 3.05) is 32.8 Å². The average Bonchev–Trinajstić information content (AvgIpc) is 3.35. The van der Waals surface area contributed by atoms with Gasteiger partial charge in [-0.3, -0.25) is 19.9 Å². The van der Waals surface area contributed by atoms with Crippen LogP contribution in [-0.2, 0) is 14.3 Å². The smallest absolute Gasteiger partial charge is 0.285 e. The number of hydrazine groups is 1. The molecule has 0 aliphatic carbocycles. The lowest BCUT2D eigenvalue weighted by atomic mass is 10.2. The summed E-state index contributed by atoms with van der Waals surface area (Å²) < 4.78 is 11.4. The number of amides is 2. The Kier molecular flexibility index (Phi) is 7.55. The molecule has 0 spiro atoms. The standard InChI is InChI=1S/C21H19Cl2N3O4S2/c22-13-1-3-16(23)15(11-13)17-4-2-14(30-17)12-18-20(28)26(21(31)32-18)24-19(27)5-6-25-7-9-29-10-8-25/h1-4,11-12H,5-10H2,(H,24,27). The Morgan fingerprint density at radius 1 is 1.22 bits per heavy atom. The molecule has 7 nitrogen and oxygen atoms in total. The molecule has 2 amide bonds. The van der Waals surface area contributed by atoms with E-state index in [2.05, 4.69) is 10.3 Å². The predicted molar refractivity (Wildman–Crippen MR) is 129 cm³/mol. The van der Waals surface area contributed by atoms with Gasteiger partial charge in [0.25, 0.3) is 5.91 Å². The molecule has 0 unspecified atom stereocenters. The van der Waals surface area contributed by atoms with E-state index in [9.17, 15) is 9.59 Å². The molecule has 0 saturated carbocycles. The molecule has 1 aromatic heterocycles. The van der Waals surface area contributed by atoms with Crippen LogP contribution >= 0.6 is 47.2 Å². The number of furan rings is 1. The Bertz CT molecular complexity index is 1080. The number of morpholine rings is 1. The Labute approximate surface area is 204 Å². The van der Waals surface area contributed by atoms with E-state index in [-0.39, 0.29) is 16.6 Å². The predicted octanol–water partition coefficient (Wildman–Crippen LogP) is 4.21. The summed E-state index contributed by atoms with van der Waals surface area (Å²) >= 11 is 18.6. The zero-order valence-electron chi connectivity index (χ0n) is 16.8. The van der Waals surface area contributed by atoms with Crippen LogP contribution in [0.3, 0.4) is 0 Å². The molecule has 11 heteroatoms. The normalized spacial score (nSPS) is 18.6. The molecule has 2 aliphatic rings. The van der Waals surface area contributed by atoms with Gasteiger partial charge in [0.1, 0.15) is 11.5 Å². The largest absolute Gasteiger partial charge is 0.457 e. The van der Waals surface area contributed by atoms with Gasteiger partial charge in [-0.1, -0.05) is 35.0 Å². The van der Waals surface area contributed by atoms with Gasteiger partial charge in [-0.25, -0.2) is 0 Å². The average molecular weight is 512 g/mol. The minimum atomic E-state index is -0.404. The molecule has 0 atom stereocenters. The van der Waals surface area contributed by atoms with Gasteiger partial charge in [-0.15, -0.1) is 0 Å². The Balaban J connectivity index is 1.39. The molecule has 32 heavy (non-hydrogen) atoms. The molecule has 3 heterocycles. The molecule has 2 aromatic rings. The number of carbonyl (C=O) groups is 2. The van der Waals surface area contributed by atoms with Gasteiger partial charge in [0.05, 0.1) is 23.1 Å². The van der Waals surface area contributed by atoms with Gasteiger partial charge in [-0.05, 0) is 42.5 Å². The number of hydrogen-bond donors (Lipinski definition) is 1. The molecule has 0 bridgehead atoms. The number of thioether (sulfide) groups is 1. The lowest BCUT2D eigenvalue weighted by molar-refractivity contribution is -0.133. The van der Waals surface area contributed by atoms with Crippen molar-refractivity contribution in [3.8, 4) is 11.3 Å². The van der Waals surface area contributed by atoms with Crippen molar-refractivity contribution in [1.82, 2.24) is 15.3 Å². The number of rotatable bonds is 6. The minimum absolute atomic E-state index is 0.255. The lowest BCUT2D eigenvalue weighted by Gasteiger charge is -2.26. The number of halogens is 2. The van der Waals surface area contributed by atoms with Crippen LogP contribution in [0.1, 0.15) is 12.2 Å². The second-order valence-electron chi connectivity index (χ2n) is 7.08. The van der Waals surface area contributed by atoms with E-state index >= 15 is 0 Å². The fourth-order valence-corrected chi connectivity index (χ4v) is 4.76. The van der Waals surface area contributed by atoms with Crippen LogP contribution in [0.15, 0.2) is 39.7 Å². The number of benzene rings is 1. The highest BCUT2D eigenvalue weighted by Crippen LogP contribution is 2.35. The molecule has 2 fully saturated rings. The summed E-state index contributed by atoms with van der Waals surface area (Å²) in [6.45, 7) is 3.52. The first-order valence-electron chi connectivity index (χ1n) is 9.83. The number of nitrogens with zero attached hydrogens (tertiary/aromatic N) is 2. The third-order valence-corrected chi connectivity index (χ3v) is 6.75. The Morgan fingerprint density at radius 3 is 2.78 bits per heavy atom. The number of carbonyl (C=O) groups excluding carboxylic acids is 2. The monoisotopic (exact) mass is 511 g/mol. The number of ether oxygens (including phenoxy) is 1. The van der Waals surface area contributed by atoms with Gasteiger partial charge in [-0.2, -0.15) is 5.01 Å². The molecule has 4 rings (SSSR count). The molecule has 2 aliphatic heterocycles. The van der Waals surface area contributed by atoms with Crippen molar-refractivity contribution in [3.05, 3.63) is 51.0 Å². The summed E-state index contributed by atoms with van der Waals surface area (Å²) in [4.78, 5) is 27.6. The molecule has 0 radical (unpaired) electrons. The van der Waals surface area contributed by atoms with E-state index in [1.807, 2.05) is 0 Å². The van der Waals surface area contributed by atoms with Crippen molar-refractivity contribution in [2.24, 2.45) is 0 Å². The summed E-state index contributed by atoms with van der Waals surface area (Å²) in [5.41, 5.74) is 3.25. The van der Waals surface area contributed by atoms with E-state index in [1.165, 1.54) is 0 Å². The molecule has 168 valence electrons. The second kappa shape index (κ2) is 10.4. The van der Waals surface area contributed by atoms with Gasteiger partial charge < -0.3 is 9.15 Å². The van der Waals surface area contributed by atoms with Gasteiger partial charge in [0, 0.05) is 42.7 Å². The SMILES string of the molecule is O=C(CCN1CCOCC1)NN1C(=O)C(=Cc2ccc(-c3cc(Cl)ccc3Cl)o2)SC1=S. The third kappa shape index (κ3) is 5.54. The number of thiocarbonyl (C=S) groups is 1. The van der Waals surface area contributed by atoms with Gasteiger partial charge in [0.15, 0.2) is 4.32 Å². The second-order valence-corrected chi connectivity index (χ2v) is 9.60. The zero-order valence-corrected chi connectivity index (χ0v) is 20.0. The maximum absolute atomic E-state index is 12.8. The maximum atomic E-state index is 12.8. The van der Waals surface area contributed by atoms with Crippen LogP contribution in [-0.4, -0.2) is 58.9 Å². The molecule has 1 aromatic carbocycles. The van der Waals surface area contributed by atoms with E-state index in [4.69, 9.17) is 44.6 Å². The topological polar surface area (TPSA) is 75.0 Å². The number of nitrogens with one attached hydrogen (secondary N) is 1. The highest BCUT2D eigenvalue weighted by atomic mass is 35.5. The first-order valence-corrected chi connectivity index (χ1v) is 11.8. The van der Waals surface area contributed by atoms with Crippen LogP contribution in [0, 0.1) is 0 Å². The summed E-state index contributed by atoms with van der Waals surface area (Å²) in [5.74, 6) is 0.300. The summed E-state index contributed by atoms with van der Waals surface area (Å²) in [5, 5.41) is 2.14. The van der Waals surface area contributed by atoms with Gasteiger partial charge >= 0.3 is 0 Å². The van der Waals surface area contributed by atoms with Crippen LogP contribution in [0.5, 0.6) is 0 Å². The van der Waals surface area contributed by atoms with Crippen LogP contribution in [0.25, 0.3) is 17.4 Å². The fourth-order valence-electron chi connectivity index (χ4n) is 3.22. The lowest BCUT2D eigenvalue weighted by Crippen LogP contribution is -2.46. The summed E-state index contributed by atoms with van der Waals surface area (Å²) in [7, 11) is 0. The van der Waals surface area contributed by atoms with Crippen molar-refractivity contribution >= 4 is 69.4 Å². The van der Waals surface area contributed by atoms with Crippen LogP contribution < -0.4 is 5.43 Å². The van der Waals surface area contributed by atoms with Gasteiger partial charge in [0.2, 0.25) is 5.91 Å². The van der Waals surface area contributed by atoms with E-state index in [0.29, 0.717) is 51.8 Å². The molecule has 1 N–H and O–H groups in total. The highest BCUT2D eigenvalue weighted by molar-refractivity contribution is 8.26. The summed E-state index contributed by atoms with van der Waals surface area (Å²) in [6, 6.07) is 8.56. The minimum Gasteiger partial charge on any atom is -0.457 e.